The summed E-state index contributed by atoms with van der Waals surface area (Å²) in [7, 11) is 0. The molecule has 0 aromatic rings. The SMILES string of the molecule is C/C1=C\CC[C@](C)(O)/C=C/[C@H](C(C)C)CC/C(C)=C/CC1. The molecule has 1 rings (SSSR count). The van der Waals surface area contributed by atoms with Crippen LogP contribution in [0.3, 0.4) is 0 Å². The van der Waals surface area contributed by atoms with Gasteiger partial charge in [-0.15, -0.1) is 0 Å². The Kier molecular flexibility index (Phi) is 7.45. The van der Waals surface area contributed by atoms with Crippen LogP contribution in [0.25, 0.3) is 0 Å². The average Bonchev–Trinajstić information content (AvgIpc) is 2.37. The third-order valence-electron chi connectivity index (χ3n) is 4.61. The smallest absolute Gasteiger partial charge is 0.0802 e. The van der Waals surface area contributed by atoms with Crippen LogP contribution in [0.2, 0.25) is 0 Å². The van der Waals surface area contributed by atoms with Crippen molar-refractivity contribution in [2.45, 2.75) is 78.7 Å². The molecule has 1 N–H and O–H groups in total. The molecule has 0 aromatic heterocycles. The molecule has 1 aliphatic rings. The summed E-state index contributed by atoms with van der Waals surface area (Å²) < 4.78 is 0. The molecule has 120 valence electrons. The minimum atomic E-state index is -0.682. The van der Waals surface area contributed by atoms with Crippen molar-refractivity contribution in [2.75, 3.05) is 0 Å². The number of aliphatic hydroxyl groups is 1. The zero-order valence-corrected chi connectivity index (χ0v) is 14.7. The summed E-state index contributed by atoms with van der Waals surface area (Å²) in [6.07, 6.45) is 15.4. The topological polar surface area (TPSA) is 20.2 Å². The summed E-state index contributed by atoms with van der Waals surface area (Å²) in [6.45, 7) is 10.9. The number of hydrogen-bond donors (Lipinski definition) is 1. The lowest BCUT2D eigenvalue weighted by Crippen LogP contribution is -2.21. The van der Waals surface area contributed by atoms with Gasteiger partial charge < -0.3 is 5.11 Å². The number of rotatable bonds is 1. The van der Waals surface area contributed by atoms with Gasteiger partial charge in [0, 0.05) is 0 Å². The molecule has 0 saturated carbocycles. The van der Waals surface area contributed by atoms with E-state index in [4.69, 9.17) is 0 Å². The zero-order valence-electron chi connectivity index (χ0n) is 14.7. The molecule has 0 unspecified atom stereocenters. The van der Waals surface area contributed by atoms with Gasteiger partial charge in [0.1, 0.15) is 0 Å². The average molecular weight is 290 g/mol. The number of allylic oxidation sites excluding steroid dienone is 5. The van der Waals surface area contributed by atoms with E-state index in [2.05, 4.69) is 45.9 Å². The lowest BCUT2D eigenvalue weighted by molar-refractivity contribution is 0.102. The van der Waals surface area contributed by atoms with Gasteiger partial charge in [-0.3, -0.25) is 0 Å². The summed E-state index contributed by atoms with van der Waals surface area (Å²) >= 11 is 0. The Balaban J connectivity index is 2.87. The van der Waals surface area contributed by atoms with Crippen LogP contribution in [0.5, 0.6) is 0 Å². The van der Waals surface area contributed by atoms with Crippen LogP contribution in [-0.2, 0) is 0 Å². The van der Waals surface area contributed by atoms with Gasteiger partial charge in [-0.1, -0.05) is 49.3 Å². The Labute approximate surface area is 131 Å². The van der Waals surface area contributed by atoms with Gasteiger partial charge in [0.25, 0.3) is 0 Å². The normalized spacial score (nSPS) is 36.2. The van der Waals surface area contributed by atoms with Crippen molar-refractivity contribution in [3.8, 4) is 0 Å². The van der Waals surface area contributed by atoms with Crippen molar-refractivity contribution < 1.29 is 5.11 Å². The summed E-state index contributed by atoms with van der Waals surface area (Å²) in [6, 6.07) is 0. The van der Waals surface area contributed by atoms with Crippen molar-refractivity contribution in [3.05, 3.63) is 35.5 Å². The second-order valence-corrected chi connectivity index (χ2v) is 7.34. The first-order valence-corrected chi connectivity index (χ1v) is 8.53. The zero-order chi connectivity index (χ0) is 15.9. The highest BCUT2D eigenvalue weighted by molar-refractivity contribution is 5.08. The Hall–Kier alpha value is -0.820. The van der Waals surface area contributed by atoms with Crippen LogP contribution >= 0.6 is 0 Å². The van der Waals surface area contributed by atoms with Gasteiger partial charge in [-0.2, -0.15) is 0 Å². The molecule has 0 amide bonds. The maximum atomic E-state index is 10.5. The maximum absolute atomic E-state index is 10.5. The Morgan fingerprint density at radius 2 is 1.71 bits per heavy atom. The van der Waals surface area contributed by atoms with Crippen LogP contribution < -0.4 is 0 Å². The molecule has 0 heterocycles. The first-order chi connectivity index (χ1) is 9.80. The van der Waals surface area contributed by atoms with Crippen LogP contribution in [0, 0.1) is 11.8 Å². The lowest BCUT2D eigenvalue weighted by atomic mass is 9.87. The molecule has 1 aliphatic carbocycles. The maximum Gasteiger partial charge on any atom is 0.0802 e. The minimum Gasteiger partial charge on any atom is -0.386 e. The Morgan fingerprint density at radius 1 is 1.10 bits per heavy atom. The van der Waals surface area contributed by atoms with Gasteiger partial charge in [0.15, 0.2) is 0 Å². The van der Waals surface area contributed by atoms with E-state index in [1.165, 1.54) is 17.6 Å². The van der Waals surface area contributed by atoms with Crippen molar-refractivity contribution in [3.63, 3.8) is 0 Å². The van der Waals surface area contributed by atoms with Gasteiger partial charge >= 0.3 is 0 Å². The van der Waals surface area contributed by atoms with Crippen molar-refractivity contribution in [1.82, 2.24) is 0 Å². The van der Waals surface area contributed by atoms with Crippen LogP contribution in [0.1, 0.15) is 73.1 Å². The number of hydrogen-bond acceptors (Lipinski definition) is 1. The van der Waals surface area contributed by atoms with Gasteiger partial charge in [0.05, 0.1) is 5.60 Å². The Bertz CT molecular complexity index is 396. The minimum absolute atomic E-state index is 0.556. The third-order valence-corrected chi connectivity index (χ3v) is 4.61. The van der Waals surface area contributed by atoms with Gasteiger partial charge in [-0.05, 0) is 71.1 Å². The van der Waals surface area contributed by atoms with Crippen LogP contribution in [-0.4, -0.2) is 10.7 Å². The van der Waals surface area contributed by atoms with E-state index in [9.17, 15) is 5.11 Å². The van der Waals surface area contributed by atoms with Crippen LogP contribution in [0.4, 0.5) is 0 Å². The molecule has 0 aromatic carbocycles. The van der Waals surface area contributed by atoms with E-state index < -0.39 is 5.60 Å². The lowest BCUT2D eigenvalue weighted by Gasteiger charge is -2.22. The van der Waals surface area contributed by atoms with Gasteiger partial charge in [0.2, 0.25) is 0 Å². The van der Waals surface area contributed by atoms with Crippen molar-refractivity contribution in [2.24, 2.45) is 11.8 Å². The molecule has 1 heteroatoms. The highest BCUT2D eigenvalue weighted by Crippen LogP contribution is 2.25. The summed E-state index contributed by atoms with van der Waals surface area (Å²) in [5, 5.41) is 10.5. The van der Waals surface area contributed by atoms with Gasteiger partial charge in [-0.25, -0.2) is 0 Å². The molecule has 2 atom stereocenters. The van der Waals surface area contributed by atoms with E-state index in [0.717, 1.165) is 32.1 Å². The fourth-order valence-corrected chi connectivity index (χ4v) is 2.82. The first-order valence-electron chi connectivity index (χ1n) is 8.53. The van der Waals surface area contributed by atoms with Crippen molar-refractivity contribution in [1.29, 1.82) is 0 Å². The quantitative estimate of drug-likeness (QED) is 0.604. The molecule has 21 heavy (non-hydrogen) atoms. The summed E-state index contributed by atoms with van der Waals surface area (Å²) in [4.78, 5) is 0. The fourth-order valence-electron chi connectivity index (χ4n) is 2.82. The van der Waals surface area contributed by atoms with Crippen LogP contribution in [0.15, 0.2) is 35.5 Å². The predicted octanol–water partition coefficient (Wildman–Crippen LogP) is 5.81. The first kappa shape index (κ1) is 18.2. The molecule has 0 radical (unpaired) electrons. The fraction of sp³-hybridized carbons (Fsp3) is 0.700. The highest BCUT2D eigenvalue weighted by atomic mass is 16.3. The second kappa shape index (κ2) is 8.58. The van der Waals surface area contributed by atoms with E-state index in [0.29, 0.717) is 11.8 Å². The molecule has 0 spiro atoms. The van der Waals surface area contributed by atoms with E-state index in [1.807, 2.05) is 13.0 Å². The van der Waals surface area contributed by atoms with E-state index in [-0.39, 0.29) is 0 Å². The molecule has 1 nitrogen and oxygen atoms in total. The molecule has 0 fully saturated rings. The molecule has 0 saturated heterocycles. The van der Waals surface area contributed by atoms with E-state index in [1.54, 1.807) is 0 Å². The second-order valence-electron chi connectivity index (χ2n) is 7.34. The molecule has 0 bridgehead atoms. The molecular formula is C20H34O. The Morgan fingerprint density at radius 3 is 2.38 bits per heavy atom. The predicted molar refractivity (Wildman–Crippen MR) is 93.3 cm³/mol. The highest BCUT2D eigenvalue weighted by Gasteiger charge is 2.17. The van der Waals surface area contributed by atoms with Crippen molar-refractivity contribution >= 4 is 0 Å². The summed E-state index contributed by atoms with van der Waals surface area (Å²) in [5.41, 5.74) is 2.26. The molecule has 0 aliphatic heterocycles. The monoisotopic (exact) mass is 290 g/mol. The summed E-state index contributed by atoms with van der Waals surface area (Å²) in [5.74, 6) is 1.18. The largest absolute Gasteiger partial charge is 0.386 e. The molecular weight excluding hydrogens is 256 g/mol. The standard InChI is InChI=1S/C20H34O/c1-16(2)19-12-11-18(4)9-6-8-17(3)10-7-14-20(5,21)15-13-19/h9-10,13,15-16,19,21H,6-8,11-12,14H2,1-5H3/b15-13+,17-10+,18-9+/t19-,20+/m1/s1. The van der Waals surface area contributed by atoms with E-state index >= 15 is 0 Å². The third kappa shape index (κ3) is 7.66.